The molecule has 7 nitrogen and oxygen atoms in total. The van der Waals surface area contributed by atoms with Crippen LogP contribution in [0.2, 0.25) is 0 Å². The summed E-state index contributed by atoms with van der Waals surface area (Å²) in [5.41, 5.74) is 3.16. The van der Waals surface area contributed by atoms with Crippen LogP contribution < -0.4 is 4.74 Å². The van der Waals surface area contributed by atoms with Gasteiger partial charge in [-0.3, -0.25) is 9.69 Å². The second-order valence-corrected chi connectivity index (χ2v) is 8.74. The van der Waals surface area contributed by atoms with E-state index in [-0.39, 0.29) is 18.5 Å². The van der Waals surface area contributed by atoms with E-state index in [2.05, 4.69) is 11.1 Å². The summed E-state index contributed by atoms with van der Waals surface area (Å²) in [6.45, 7) is 2.30. The van der Waals surface area contributed by atoms with E-state index in [4.69, 9.17) is 9.47 Å². The predicted octanol–water partition coefficient (Wildman–Crippen LogP) is 5.55. The highest BCUT2D eigenvalue weighted by Gasteiger charge is 2.30. The van der Waals surface area contributed by atoms with Crippen molar-refractivity contribution in [3.63, 3.8) is 0 Å². The maximum absolute atomic E-state index is 12.9. The van der Waals surface area contributed by atoms with Crippen LogP contribution in [-0.2, 0) is 16.1 Å². The van der Waals surface area contributed by atoms with Gasteiger partial charge in [-0.15, -0.1) is 0 Å². The Morgan fingerprint density at radius 3 is 2.56 bits per heavy atom. The largest absolute Gasteiger partial charge is 0.488 e. The summed E-state index contributed by atoms with van der Waals surface area (Å²) in [5, 5.41) is 9.84. The standard InChI is InChI=1S/C28H23N3O4S/c1-3-34-27(33)19-12-14-23(15-13-19)30-28-31(2)26(32)25(36-28)16-20-8-6-7-11-24(20)35-18-22-10-5-4-9-21(22)17-29/h4-16H,3,18H2,1-2H3. The number of thioether (sulfide) groups is 1. The fourth-order valence-corrected chi connectivity index (χ4v) is 4.41. The molecule has 0 bridgehead atoms. The molecule has 0 saturated carbocycles. The molecule has 4 rings (SSSR count). The highest BCUT2D eigenvalue weighted by Crippen LogP contribution is 2.35. The minimum Gasteiger partial charge on any atom is -0.488 e. The summed E-state index contributed by atoms with van der Waals surface area (Å²) in [6.07, 6.45) is 1.78. The zero-order valence-corrected chi connectivity index (χ0v) is 20.6. The van der Waals surface area contributed by atoms with Crippen molar-refractivity contribution in [1.29, 1.82) is 5.26 Å². The molecular weight excluding hydrogens is 474 g/mol. The van der Waals surface area contributed by atoms with Crippen molar-refractivity contribution < 1.29 is 19.1 Å². The van der Waals surface area contributed by atoms with Crippen LogP contribution in [0, 0.1) is 11.3 Å². The molecule has 0 unspecified atom stereocenters. The number of para-hydroxylation sites is 1. The number of amidine groups is 1. The van der Waals surface area contributed by atoms with Gasteiger partial charge in [-0.05, 0) is 61.2 Å². The zero-order chi connectivity index (χ0) is 25.5. The molecule has 0 atom stereocenters. The molecule has 1 amide bonds. The number of esters is 1. The Labute approximate surface area is 213 Å². The third-order valence-corrected chi connectivity index (χ3v) is 6.39. The highest BCUT2D eigenvalue weighted by atomic mass is 32.2. The van der Waals surface area contributed by atoms with Crippen molar-refractivity contribution in [3.8, 4) is 11.8 Å². The first-order valence-electron chi connectivity index (χ1n) is 11.2. The molecule has 3 aromatic rings. The Balaban J connectivity index is 1.53. The summed E-state index contributed by atoms with van der Waals surface area (Å²) in [5.74, 6) is 0.0433. The van der Waals surface area contributed by atoms with E-state index in [1.165, 1.54) is 16.7 Å². The van der Waals surface area contributed by atoms with Gasteiger partial charge in [0, 0.05) is 18.2 Å². The maximum atomic E-state index is 12.9. The van der Waals surface area contributed by atoms with Crippen molar-refractivity contribution in [3.05, 3.63) is 100.0 Å². The molecule has 0 N–H and O–H groups in total. The molecule has 3 aromatic carbocycles. The van der Waals surface area contributed by atoms with Gasteiger partial charge in [-0.1, -0.05) is 36.4 Å². The van der Waals surface area contributed by atoms with Gasteiger partial charge < -0.3 is 9.47 Å². The lowest BCUT2D eigenvalue weighted by Gasteiger charge is -2.10. The van der Waals surface area contributed by atoms with E-state index < -0.39 is 0 Å². The van der Waals surface area contributed by atoms with Crippen LogP contribution in [0.1, 0.15) is 34.0 Å². The third-order valence-electron chi connectivity index (χ3n) is 5.33. The fraction of sp³-hybridized carbons (Fsp3) is 0.143. The molecular formula is C28H23N3O4S. The first-order valence-corrected chi connectivity index (χ1v) is 12.0. The molecule has 1 fully saturated rings. The second kappa shape index (κ2) is 11.4. The van der Waals surface area contributed by atoms with Crippen molar-refractivity contribution in [1.82, 2.24) is 4.90 Å². The fourth-order valence-electron chi connectivity index (χ4n) is 3.43. The van der Waals surface area contributed by atoms with Crippen molar-refractivity contribution in [2.75, 3.05) is 13.7 Å². The Hall–Kier alpha value is -4.35. The van der Waals surface area contributed by atoms with Gasteiger partial charge in [-0.25, -0.2) is 9.79 Å². The number of rotatable bonds is 7. The molecule has 0 spiro atoms. The van der Waals surface area contributed by atoms with Crippen molar-refractivity contribution in [2.45, 2.75) is 13.5 Å². The van der Waals surface area contributed by atoms with Gasteiger partial charge in [0.1, 0.15) is 12.4 Å². The van der Waals surface area contributed by atoms with E-state index in [0.717, 1.165) is 11.1 Å². The molecule has 1 saturated heterocycles. The molecule has 8 heteroatoms. The van der Waals surface area contributed by atoms with Crippen LogP contribution in [0.3, 0.4) is 0 Å². The van der Waals surface area contributed by atoms with Crippen LogP contribution in [0.25, 0.3) is 6.08 Å². The third kappa shape index (κ3) is 5.65. The second-order valence-electron chi connectivity index (χ2n) is 7.73. The molecule has 1 aliphatic rings. The Kier molecular flexibility index (Phi) is 7.83. The topological polar surface area (TPSA) is 92.0 Å². The predicted molar refractivity (Wildman–Crippen MR) is 140 cm³/mol. The quantitative estimate of drug-likeness (QED) is 0.314. The molecule has 0 aliphatic carbocycles. The number of aliphatic imine (C=N–C) groups is 1. The Morgan fingerprint density at radius 2 is 1.81 bits per heavy atom. The van der Waals surface area contributed by atoms with E-state index in [1.54, 1.807) is 50.4 Å². The number of benzene rings is 3. The molecule has 0 aromatic heterocycles. The number of ether oxygens (including phenoxy) is 2. The van der Waals surface area contributed by atoms with Gasteiger partial charge in [0.15, 0.2) is 5.17 Å². The van der Waals surface area contributed by atoms with E-state index in [9.17, 15) is 14.9 Å². The summed E-state index contributed by atoms with van der Waals surface area (Å²) >= 11 is 1.26. The van der Waals surface area contributed by atoms with Crippen LogP contribution in [0.15, 0.2) is 82.7 Å². The number of hydrogen-bond donors (Lipinski definition) is 0. The van der Waals surface area contributed by atoms with Crippen LogP contribution in [0.5, 0.6) is 5.75 Å². The summed E-state index contributed by atoms with van der Waals surface area (Å²) in [7, 11) is 1.67. The van der Waals surface area contributed by atoms with Crippen molar-refractivity contribution >= 4 is 40.6 Å². The van der Waals surface area contributed by atoms with Crippen LogP contribution in [-0.4, -0.2) is 35.6 Å². The molecule has 180 valence electrons. The smallest absolute Gasteiger partial charge is 0.338 e. The average molecular weight is 498 g/mol. The van der Waals surface area contributed by atoms with Gasteiger partial charge in [0.25, 0.3) is 5.91 Å². The molecule has 1 heterocycles. The molecule has 36 heavy (non-hydrogen) atoms. The number of carbonyl (C=O) groups excluding carboxylic acids is 2. The maximum Gasteiger partial charge on any atom is 0.338 e. The minimum atomic E-state index is -0.388. The highest BCUT2D eigenvalue weighted by molar-refractivity contribution is 8.18. The Bertz CT molecular complexity index is 1390. The van der Waals surface area contributed by atoms with E-state index >= 15 is 0 Å². The van der Waals surface area contributed by atoms with Crippen LogP contribution >= 0.6 is 11.8 Å². The monoisotopic (exact) mass is 497 g/mol. The normalized spacial score (nSPS) is 15.2. The lowest BCUT2D eigenvalue weighted by atomic mass is 10.1. The minimum absolute atomic E-state index is 0.175. The van der Waals surface area contributed by atoms with E-state index in [1.807, 2.05) is 42.5 Å². The molecule has 1 aliphatic heterocycles. The number of nitrogens with zero attached hydrogens (tertiary/aromatic N) is 3. The first kappa shape index (κ1) is 24.8. The lowest BCUT2D eigenvalue weighted by Crippen LogP contribution is -2.23. The number of carbonyl (C=O) groups is 2. The van der Waals surface area contributed by atoms with Gasteiger partial charge in [0.05, 0.1) is 34.4 Å². The summed E-state index contributed by atoms with van der Waals surface area (Å²) in [4.78, 5) is 31.3. The SMILES string of the molecule is CCOC(=O)c1ccc(N=C2SC(=Cc3ccccc3OCc3ccccc3C#N)C(=O)N2C)cc1. The number of nitriles is 1. The number of likely N-dealkylation sites (N-methyl/N-ethyl adjacent to an activating group) is 1. The zero-order valence-electron chi connectivity index (χ0n) is 19.8. The molecule has 0 radical (unpaired) electrons. The number of amides is 1. The van der Waals surface area contributed by atoms with Gasteiger partial charge in [-0.2, -0.15) is 5.26 Å². The first-order chi connectivity index (χ1) is 17.5. The summed E-state index contributed by atoms with van der Waals surface area (Å²) < 4.78 is 11.0. The summed E-state index contributed by atoms with van der Waals surface area (Å²) in [6, 6.07) is 23.6. The van der Waals surface area contributed by atoms with Crippen LogP contribution in [0.4, 0.5) is 5.69 Å². The number of hydrogen-bond acceptors (Lipinski definition) is 7. The van der Waals surface area contributed by atoms with E-state index in [0.29, 0.717) is 39.2 Å². The Morgan fingerprint density at radius 1 is 1.08 bits per heavy atom. The lowest BCUT2D eigenvalue weighted by molar-refractivity contribution is -0.121. The average Bonchev–Trinajstić information content (AvgIpc) is 3.16. The van der Waals surface area contributed by atoms with Crippen molar-refractivity contribution in [2.24, 2.45) is 4.99 Å². The van der Waals surface area contributed by atoms with Gasteiger partial charge >= 0.3 is 5.97 Å². The van der Waals surface area contributed by atoms with Gasteiger partial charge in [0.2, 0.25) is 0 Å².